The summed E-state index contributed by atoms with van der Waals surface area (Å²) in [5.41, 5.74) is 0.654. The van der Waals surface area contributed by atoms with E-state index in [2.05, 4.69) is 25.5 Å². The van der Waals surface area contributed by atoms with Crippen molar-refractivity contribution < 1.29 is 0 Å². The predicted octanol–water partition coefficient (Wildman–Crippen LogP) is 2.02. The Morgan fingerprint density at radius 1 is 1.40 bits per heavy atom. The number of aryl methyl sites for hydroxylation is 1. The highest BCUT2D eigenvalue weighted by molar-refractivity contribution is 5.47. The molecule has 0 aliphatic heterocycles. The molecule has 2 rings (SSSR count). The average molecular weight is 273 g/mol. The van der Waals surface area contributed by atoms with Crippen molar-refractivity contribution in [2.45, 2.75) is 26.2 Å². The van der Waals surface area contributed by atoms with Gasteiger partial charge in [0.25, 0.3) is 5.56 Å². The number of hydrogen-bond donors (Lipinski definition) is 2. The summed E-state index contributed by atoms with van der Waals surface area (Å²) in [5, 5.41) is 26.0. The number of aromatic amines is 2. The van der Waals surface area contributed by atoms with Crippen LogP contribution in [-0.2, 0) is 12.5 Å². The van der Waals surface area contributed by atoms with E-state index in [0.29, 0.717) is 5.69 Å². The second-order valence-electron chi connectivity index (χ2n) is 5.39. The molecular formula is C12H15N7O. The van der Waals surface area contributed by atoms with Crippen LogP contribution in [0, 0.1) is 11.3 Å². The van der Waals surface area contributed by atoms with Gasteiger partial charge in [-0.05, 0) is 0 Å². The smallest absolute Gasteiger partial charge is 0.294 e. The van der Waals surface area contributed by atoms with Gasteiger partial charge < -0.3 is 0 Å². The second-order valence-corrected chi connectivity index (χ2v) is 5.39. The van der Waals surface area contributed by atoms with Crippen molar-refractivity contribution in [3.05, 3.63) is 27.8 Å². The van der Waals surface area contributed by atoms with Gasteiger partial charge in [0.05, 0.1) is 11.9 Å². The molecule has 0 bridgehead atoms. The first-order valence-electron chi connectivity index (χ1n) is 5.99. The zero-order valence-corrected chi connectivity index (χ0v) is 11.7. The van der Waals surface area contributed by atoms with Crippen LogP contribution in [0.4, 0.5) is 11.5 Å². The van der Waals surface area contributed by atoms with Gasteiger partial charge in [0.15, 0.2) is 11.5 Å². The number of azo groups is 1. The highest BCUT2D eigenvalue weighted by Crippen LogP contribution is 2.28. The van der Waals surface area contributed by atoms with Gasteiger partial charge >= 0.3 is 0 Å². The van der Waals surface area contributed by atoms with Gasteiger partial charge in [-0.15, -0.1) is 10.2 Å². The summed E-state index contributed by atoms with van der Waals surface area (Å²) in [7, 11) is 1.62. The first-order chi connectivity index (χ1) is 9.34. The van der Waals surface area contributed by atoms with Gasteiger partial charge in [-0.25, -0.2) is 0 Å². The molecule has 2 N–H and O–H groups in total. The van der Waals surface area contributed by atoms with E-state index in [9.17, 15) is 4.79 Å². The fraction of sp³-hybridized carbons (Fsp3) is 0.417. The van der Waals surface area contributed by atoms with E-state index in [1.807, 2.05) is 26.8 Å². The number of nitriles is 1. The maximum atomic E-state index is 12.0. The SMILES string of the molecule is Cn1[nH]c(C(C)(C)C)c(N=Nc2[nH]ncc2C#N)c1=O. The maximum absolute atomic E-state index is 12.0. The van der Waals surface area contributed by atoms with E-state index in [0.717, 1.165) is 0 Å². The molecule has 0 aromatic carbocycles. The van der Waals surface area contributed by atoms with Crippen molar-refractivity contribution in [3.8, 4) is 6.07 Å². The largest absolute Gasteiger partial charge is 0.297 e. The Balaban J connectivity index is 2.50. The van der Waals surface area contributed by atoms with Crippen molar-refractivity contribution in [1.29, 1.82) is 5.26 Å². The summed E-state index contributed by atoms with van der Waals surface area (Å²) in [6, 6.07) is 1.94. The average Bonchev–Trinajstić information content (AvgIpc) is 2.93. The van der Waals surface area contributed by atoms with Crippen molar-refractivity contribution in [3.63, 3.8) is 0 Å². The van der Waals surface area contributed by atoms with Crippen LogP contribution in [0.15, 0.2) is 21.2 Å². The number of aromatic nitrogens is 4. The van der Waals surface area contributed by atoms with Crippen LogP contribution < -0.4 is 5.56 Å². The van der Waals surface area contributed by atoms with Gasteiger partial charge in [0.1, 0.15) is 11.6 Å². The Hall–Kier alpha value is -2.69. The number of H-pyrrole nitrogens is 2. The van der Waals surface area contributed by atoms with Crippen LogP contribution in [0.5, 0.6) is 0 Å². The first-order valence-corrected chi connectivity index (χ1v) is 5.99. The fourth-order valence-electron chi connectivity index (χ4n) is 1.69. The molecule has 8 nitrogen and oxygen atoms in total. The molecule has 0 fully saturated rings. The zero-order chi connectivity index (χ0) is 14.9. The van der Waals surface area contributed by atoms with E-state index < -0.39 is 0 Å². The lowest BCUT2D eigenvalue weighted by Crippen LogP contribution is -2.12. The molecule has 20 heavy (non-hydrogen) atoms. The molecule has 2 aromatic rings. The molecule has 0 aliphatic rings. The highest BCUT2D eigenvalue weighted by atomic mass is 16.1. The minimum atomic E-state index is -0.277. The summed E-state index contributed by atoms with van der Waals surface area (Å²) >= 11 is 0. The van der Waals surface area contributed by atoms with Gasteiger partial charge in [0.2, 0.25) is 0 Å². The Morgan fingerprint density at radius 2 is 2.10 bits per heavy atom. The summed E-state index contributed by atoms with van der Waals surface area (Å²) in [5.74, 6) is 0.232. The van der Waals surface area contributed by atoms with Crippen LogP contribution in [0.1, 0.15) is 32.0 Å². The topological polar surface area (TPSA) is 115 Å². The minimum absolute atomic E-state index is 0.232. The van der Waals surface area contributed by atoms with Crippen LogP contribution in [0.25, 0.3) is 0 Å². The number of hydrogen-bond acceptors (Lipinski definition) is 5. The van der Waals surface area contributed by atoms with Crippen molar-refractivity contribution in [2.24, 2.45) is 17.3 Å². The summed E-state index contributed by atoms with van der Waals surface area (Å²) in [6.45, 7) is 5.90. The predicted molar refractivity (Wildman–Crippen MR) is 72.2 cm³/mol. The summed E-state index contributed by atoms with van der Waals surface area (Å²) in [6.07, 6.45) is 1.36. The zero-order valence-electron chi connectivity index (χ0n) is 11.7. The van der Waals surface area contributed by atoms with Crippen LogP contribution in [-0.4, -0.2) is 20.0 Å². The molecular weight excluding hydrogens is 258 g/mol. The Labute approximate surface area is 115 Å². The van der Waals surface area contributed by atoms with Gasteiger partial charge in [-0.2, -0.15) is 10.4 Å². The monoisotopic (exact) mass is 273 g/mol. The quantitative estimate of drug-likeness (QED) is 0.815. The third-order valence-corrected chi connectivity index (χ3v) is 2.76. The molecule has 0 saturated carbocycles. The van der Waals surface area contributed by atoms with Crippen molar-refractivity contribution in [1.82, 2.24) is 20.0 Å². The molecule has 0 amide bonds. The van der Waals surface area contributed by atoms with Crippen molar-refractivity contribution >= 4 is 11.5 Å². The molecule has 2 aromatic heterocycles. The van der Waals surface area contributed by atoms with E-state index in [-0.39, 0.29) is 28.0 Å². The molecule has 0 saturated heterocycles. The highest BCUT2D eigenvalue weighted by Gasteiger charge is 2.24. The Morgan fingerprint density at radius 3 is 2.70 bits per heavy atom. The minimum Gasteiger partial charge on any atom is -0.297 e. The van der Waals surface area contributed by atoms with Gasteiger partial charge in [-0.1, -0.05) is 20.8 Å². The van der Waals surface area contributed by atoms with E-state index >= 15 is 0 Å². The van der Waals surface area contributed by atoms with Crippen molar-refractivity contribution in [2.75, 3.05) is 0 Å². The molecule has 0 aliphatic carbocycles. The normalized spacial score (nSPS) is 11.9. The van der Waals surface area contributed by atoms with E-state index in [4.69, 9.17) is 5.26 Å². The molecule has 0 spiro atoms. The third kappa shape index (κ3) is 2.38. The standard InChI is InChI=1S/C12H15N7O/c1-12(2,3)9-8(11(20)19(4)18-9)15-17-10-7(5-13)6-14-16-10/h6,18H,1-4H3,(H,14,16). The molecule has 0 atom stereocenters. The van der Waals surface area contributed by atoms with Gasteiger partial charge in [-0.3, -0.25) is 19.7 Å². The Kier molecular flexibility index (Phi) is 3.28. The lowest BCUT2D eigenvalue weighted by molar-refractivity contribution is 0.552. The van der Waals surface area contributed by atoms with Crippen LogP contribution in [0.2, 0.25) is 0 Å². The van der Waals surface area contributed by atoms with E-state index in [1.165, 1.54) is 10.9 Å². The fourth-order valence-corrected chi connectivity index (χ4v) is 1.69. The van der Waals surface area contributed by atoms with E-state index in [1.54, 1.807) is 7.05 Å². The second kappa shape index (κ2) is 4.77. The molecule has 0 unspecified atom stereocenters. The lowest BCUT2D eigenvalue weighted by atomic mass is 9.91. The Bertz CT molecular complexity index is 748. The summed E-state index contributed by atoms with van der Waals surface area (Å²) < 4.78 is 1.35. The summed E-state index contributed by atoms with van der Waals surface area (Å²) in [4.78, 5) is 12.0. The lowest BCUT2D eigenvalue weighted by Gasteiger charge is -2.16. The number of nitrogens with zero attached hydrogens (tertiary/aromatic N) is 5. The molecule has 104 valence electrons. The number of rotatable bonds is 2. The van der Waals surface area contributed by atoms with Gasteiger partial charge in [0, 0.05) is 12.5 Å². The number of nitrogens with one attached hydrogen (secondary N) is 2. The third-order valence-electron chi connectivity index (χ3n) is 2.76. The first kappa shape index (κ1) is 13.7. The molecule has 8 heteroatoms. The maximum Gasteiger partial charge on any atom is 0.294 e. The van der Waals surface area contributed by atoms with Crippen LogP contribution >= 0.6 is 0 Å². The molecule has 0 radical (unpaired) electrons. The van der Waals surface area contributed by atoms with Crippen LogP contribution in [0.3, 0.4) is 0 Å². The molecule has 2 heterocycles.